The van der Waals surface area contributed by atoms with Crippen LogP contribution in [-0.4, -0.2) is 112 Å². The third-order valence-electron chi connectivity index (χ3n) is 11.6. The van der Waals surface area contributed by atoms with Crippen LogP contribution in [0.5, 0.6) is 5.88 Å². The van der Waals surface area contributed by atoms with Gasteiger partial charge in [-0.2, -0.15) is 18.4 Å². The first-order valence-corrected chi connectivity index (χ1v) is 19.8. The van der Waals surface area contributed by atoms with Crippen molar-refractivity contribution >= 4 is 53.1 Å². The summed E-state index contributed by atoms with van der Waals surface area (Å²) >= 11 is 5.75. The summed E-state index contributed by atoms with van der Waals surface area (Å²) in [5.74, 6) is -0.825. The first kappa shape index (κ1) is 44.2. The van der Waals surface area contributed by atoms with Crippen molar-refractivity contribution in [1.82, 2.24) is 25.0 Å². The van der Waals surface area contributed by atoms with Crippen molar-refractivity contribution in [3.63, 3.8) is 0 Å². The average molecular weight is 834 g/mol. The van der Waals surface area contributed by atoms with Crippen molar-refractivity contribution in [1.29, 1.82) is 5.26 Å². The lowest BCUT2D eigenvalue weighted by atomic mass is 9.89. The number of pyridine rings is 1. The maximum absolute atomic E-state index is 13.7. The van der Waals surface area contributed by atoms with Crippen LogP contribution < -0.4 is 15.0 Å². The van der Waals surface area contributed by atoms with E-state index in [2.05, 4.69) is 33.9 Å². The van der Waals surface area contributed by atoms with Crippen LogP contribution in [0.2, 0.25) is 0 Å². The van der Waals surface area contributed by atoms with Gasteiger partial charge in [0.2, 0.25) is 17.7 Å². The van der Waals surface area contributed by atoms with Gasteiger partial charge in [0.1, 0.15) is 5.54 Å². The van der Waals surface area contributed by atoms with Crippen LogP contribution in [0.3, 0.4) is 0 Å². The Labute approximate surface area is 343 Å². The number of rotatable bonds is 12. The highest BCUT2D eigenvalue weighted by molar-refractivity contribution is 7.80. The molecule has 3 saturated heterocycles. The Hall–Kier alpha value is -3.88. The predicted molar refractivity (Wildman–Crippen MR) is 213 cm³/mol. The maximum atomic E-state index is 13.7. The molecule has 310 valence electrons. The summed E-state index contributed by atoms with van der Waals surface area (Å²) in [6.07, 6.45) is 1.60. The molecule has 6 rings (SSSR count). The Balaban J connectivity index is 0.00000620. The van der Waals surface area contributed by atoms with E-state index in [1.54, 1.807) is 38.2 Å². The van der Waals surface area contributed by atoms with Crippen molar-refractivity contribution in [3.8, 4) is 11.9 Å². The highest BCUT2D eigenvalue weighted by Crippen LogP contribution is 2.41. The quantitative estimate of drug-likeness (QED) is 0.158. The largest absolute Gasteiger partial charge is 0.478 e. The maximum Gasteiger partial charge on any atom is 0.417 e. The molecule has 1 aromatic heterocycles. The van der Waals surface area contributed by atoms with Crippen molar-refractivity contribution in [2.24, 2.45) is 0 Å². The fraction of sp³-hybridized carbons (Fsp3) is 0.600. The Morgan fingerprint density at radius 3 is 2.35 bits per heavy atom. The van der Waals surface area contributed by atoms with Gasteiger partial charge in [0.15, 0.2) is 5.11 Å². The standard InChI is InChI=1S/C40H50F3N7O5S.ClH/c1-25-23-47(24-26(2)48(25)16-5-18-55-35-20-27(14-15-45-35)32-12-13-34(51)46-36(32)52)17-19-54-31-10-8-29(9-11-31)50-38(56)49(37(53)39(50,3)4)30-7-6-28(22-44)33(21-30)40(41,42)43;/h6-7,14-15,20-21,25-26,29,31-32H,5,8-13,16-19,23-24H2,1-4H3,(H,46,51,52);1H/t25-,26+,29?,31?,32?;. The zero-order chi connectivity index (χ0) is 40.4. The van der Waals surface area contributed by atoms with E-state index in [0.717, 1.165) is 76.0 Å². The molecule has 0 spiro atoms. The molecule has 1 unspecified atom stereocenters. The van der Waals surface area contributed by atoms with E-state index in [1.165, 1.54) is 11.0 Å². The number of imide groups is 1. The minimum absolute atomic E-state index is 0. The molecule has 1 aliphatic carbocycles. The van der Waals surface area contributed by atoms with Crippen LogP contribution in [0.25, 0.3) is 0 Å². The van der Waals surface area contributed by atoms with E-state index in [1.807, 2.05) is 4.90 Å². The van der Waals surface area contributed by atoms with E-state index in [4.69, 9.17) is 21.7 Å². The molecule has 2 aromatic rings. The third-order valence-corrected chi connectivity index (χ3v) is 12.0. The van der Waals surface area contributed by atoms with Gasteiger partial charge in [-0.05, 0) is 108 Å². The second-order valence-corrected chi connectivity index (χ2v) is 16.2. The number of halogens is 4. The number of benzene rings is 1. The number of nitrogens with one attached hydrogen (secondary N) is 1. The molecule has 57 heavy (non-hydrogen) atoms. The van der Waals surface area contributed by atoms with Crippen LogP contribution in [-0.2, 0) is 25.3 Å². The molecule has 3 amide bonds. The van der Waals surface area contributed by atoms with E-state index < -0.39 is 28.7 Å². The monoisotopic (exact) mass is 833 g/mol. The van der Waals surface area contributed by atoms with Gasteiger partial charge in [0.05, 0.1) is 48.1 Å². The smallest absolute Gasteiger partial charge is 0.417 e. The molecule has 3 atom stereocenters. The number of carbonyl (C=O) groups excluding carboxylic acids is 3. The van der Waals surface area contributed by atoms with Crippen molar-refractivity contribution in [2.75, 3.05) is 44.3 Å². The molecule has 4 heterocycles. The number of aromatic nitrogens is 1. The molecule has 0 bridgehead atoms. The van der Waals surface area contributed by atoms with Crippen LogP contribution >= 0.6 is 24.6 Å². The van der Waals surface area contributed by atoms with Crippen LogP contribution in [0.1, 0.15) is 95.2 Å². The van der Waals surface area contributed by atoms with Gasteiger partial charge >= 0.3 is 6.18 Å². The van der Waals surface area contributed by atoms with Gasteiger partial charge in [-0.3, -0.25) is 34.4 Å². The Kier molecular flexibility index (Phi) is 14.2. The normalized spacial score (nSPS) is 25.9. The van der Waals surface area contributed by atoms with E-state index >= 15 is 0 Å². The predicted octanol–water partition coefficient (Wildman–Crippen LogP) is 5.82. The number of thiocarbonyl (C=S) groups is 1. The summed E-state index contributed by atoms with van der Waals surface area (Å²) in [5, 5.41) is 11.8. The number of hydrogen-bond donors (Lipinski definition) is 1. The molecular weight excluding hydrogens is 783 g/mol. The first-order valence-electron chi connectivity index (χ1n) is 19.4. The minimum atomic E-state index is -4.75. The molecule has 17 heteroatoms. The molecule has 0 radical (unpaired) electrons. The van der Waals surface area contributed by atoms with E-state index in [9.17, 15) is 32.8 Å². The molecule has 1 N–H and O–H groups in total. The number of ether oxygens (including phenoxy) is 2. The molecule has 1 aromatic carbocycles. The summed E-state index contributed by atoms with van der Waals surface area (Å²) in [7, 11) is 0. The van der Waals surface area contributed by atoms with Crippen LogP contribution in [0.15, 0.2) is 36.5 Å². The third kappa shape index (κ3) is 9.88. The lowest BCUT2D eigenvalue weighted by Gasteiger charge is -2.44. The fourth-order valence-electron chi connectivity index (χ4n) is 8.72. The van der Waals surface area contributed by atoms with Crippen molar-refractivity contribution in [2.45, 2.75) is 115 Å². The molecule has 4 fully saturated rings. The molecule has 1 saturated carbocycles. The van der Waals surface area contributed by atoms with Crippen molar-refractivity contribution < 1.29 is 37.0 Å². The Morgan fingerprint density at radius 1 is 1.00 bits per heavy atom. The van der Waals surface area contributed by atoms with Gasteiger partial charge in [-0.25, -0.2) is 4.98 Å². The lowest BCUT2D eigenvalue weighted by molar-refractivity contribution is -0.138. The number of hydrogen-bond acceptors (Lipinski definition) is 10. The van der Waals surface area contributed by atoms with Gasteiger partial charge in [-0.15, -0.1) is 12.4 Å². The number of carbonyl (C=O) groups is 3. The Bertz CT molecular complexity index is 1840. The molecule has 12 nitrogen and oxygen atoms in total. The van der Waals surface area contributed by atoms with Gasteiger partial charge in [0.25, 0.3) is 5.91 Å². The van der Waals surface area contributed by atoms with E-state index in [-0.39, 0.29) is 53.1 Å². The molecule has 3 aliphatic heterocycles. The summed E-state index contributed by atoms with van der Waals surface area (Å²) in [4.78, 5) is 49.7. The average Bonchev–Trinajstić information content (AvgIpc) is 3.32. The summed E-state index contributed by atoms with van der Waals surface area (Å²) < 4.78 is 53.5. The van der Waals surface area contributed by atoms with Crippen molar-refractivity contribution in [3.05, 3.63) is 53.2 Å². The number of amides is 3. The highest BCUT2D eigenvalue weighted by Gasteiger charge is 2.52. The van der Waals surface area contributed by atoms with Gasteiger partial charge in [-0.1, -0.05) is 0 Å². The zero-order valence-electron chi connectivity index (χ0n) is 32.7. The van der Waals surface area contributed by atoms with Gasteiger partial charge < -0.3 is 14.4 Å². The zero-order valence-corrected chi connectivity index (χ0v) is 34.4. The second kappa shape index (κ2) is 18.4. The van der Waals surface area contributed by atoms with Gasteiger partial charge in [0, 0.05) is 63.0 Å². The van der Waals surface area contributed by atoms with Crippen LogP contribution in [0.4, 0.5) is 18.9 Å². The van der Waals surface area contributed by atoms with E-state index in [0.29, 0.717) is 44.0 Å². The number of anilines is 1. The molecular formula is C40H51ClF3N7O5S. The topological polar surface area (TPSA) is 131 Å². The number of piperazine rings is 1. The number of piperidine rings is 1. The SMILES string of the molecule is C[C@@H]1CN(CCOC2CCC(N3C(=S)N(c4ccc(C#N)c(C(F)(F)F)c4)C(=O)C3(C)C)CC2)C[C@H](C)N1CCCOc1cc(C2CCC(=O)NC2=O)ccn1.Cl. The summed E-state index contributed by atoms with van der Waals surface area (Å²) in [5.41, 5.74) is -1.85. The number of nitrogens with zero attached hydrogens (tertiary/aromatic N) is 6. The minimum Gasteiger partial charge on any atom is -0.478 e. The first-order chi connectivity index (χ1) is 26.6. The van der Waals surface area contributed by atoms with Crippen LogP contribution in [0, 0.1) is 11.3 Å². The summed E-state index contributed by atoms with van der Waals surface area (Å²) in [6.45, 7) is 12.6. The fourth-order valence-corrected chi connectivity index (χ4v) is 9.28. The number of alkyl halides is 3. The highest BCUT2D eigenvalue weighted by atomic mass is 35.5. The Morgan fingerprint density at radius 2 is 1.70 bits per heavy atom. The number of nitriles is 1. The second-order valence-electron chi connectivity index (χ2n) is 15.8. The molecule has 4 aliphatic rings. The summed E-state index contributed by atoms with van der Waals surface area (Å²) in [6, 6.07) is 9.05. The lowest BCUT2D eigenvalue weighted by Crippen LogP contribution is -2.57.